The molecule has 7 nitrogen and oxygen atoms in total. The number of hydrogen-bond donors (Lipinski definition) is 1. The number of nitrogens with one attached hydrogen (secondary N) is 1. The molecule has 2 aromatic heterocycles. The monoisotopic (exact) mass is 285 g/mol. The molecule has 0 unspecified atom stereocenters. The maximum atomic E-state index is 12.3. The molecule has 1 aliphatic rings. The lowest BCUT2D eigenvalue weighted by Gasteiger charge is -2.31. The SMILES string of the molecule is O=C(c1ccc(=O)[nH]n1)N1CCC(c2cnccn2)CC1. The highest BCUT2D eigenvalue weighted by atomic mass is 16.2. The van der Waals surface area contributed by atoms with Crippen LogP contribution < -0.4 is 5.56 Å². The molecule has 0 aliphatic carbocycles. The molecule has 0 atom stereocenters. The Bertz CT molecular complexity index is 657. The topological polar surface area (TPSA) is 91.8 Å². The van der Waals surface area contributed by atoms with Gasteiger partial charge in [-0.3, -0.25) is 19.6 Å². The van der Waals surface area contributed by atoms with Crippen molar-refractivity contribution in [2.24, 2.45) is 0 Å². The van der Waals surface area contributed by atoms with E-state index in [1.165, 1.54) is 12.1 Å². The molecule has 0 saturated carbocycles. The molecular formula is C14H15N5O2. The minimum absolute atomic E-state index is 0.149. The van der Waals surface area contributed by atoms with Gasteiger partial charge in [0, 0.05) is 43.7 Å². The van der Waals surface area contributed by atoms with Gasteiger partial charge in [0.2, 0.25) is 0 Å². The third-order valence-electron chi connectivity index (χ3n) is 3.68. The summed E-state index contributed by atoms with van der Waals surface area (Å²) in [5.41, 5.74) is 0.937. The molecular weight excluding hydrogens is 270 g/mol. The minimum Gasteiger partial charge on any atom is -0.337 e. The Labute approximate surface area is 121 Å². The maximum Gasteiger partial charge on any atom is 0.274 e. The third-order valence-corrected chi connectivity index (χ3v) is 3.68. The highest BCUT2D eigenvalue weighted by molar-refractivity contribution is 5.92. The lowest BCUT2D eigenvalue weighted by molar-refractivity contribution is 0.0704. The zero-order chi connectivity index (χ0) is 14.7. The van der Waals surface area contributed by atoms with Crippen LogP contribution in [0.4, 0.5) is 0 Å². The zero-order valence-electron chi connectivity index (χ0n) is 11.4. The van der Waals surface area contributed by atoms with Crippen molar-refractivity contribution in [3.8, 4) is 0 Å². The molecule has 1 amide bonds. The van der Waals surface area contributed by atoms with Gasteiger partial charge >= 0.3 is 0 Å². The van der Waals surface area contributed by atoms with Crippen molar-refractivity contribution in [3.63, 3.8) is 0 Å². The number of aromatic nitrogens is 4. The fourth-order valence-electron chi connectivity index (χ4n) is 2.53. The van der Waals surface area contributed by atoms with E-state index in [2.05, 4.69) is 20.2 Å². The summed E-state index contributed by atoms with van der Waals surface area (Å²) >= 11 is 0. The molecule has 1 aliphatic heterocycles. The smallest absolute Gasteiger partial charge is 0.274 e. The van der Waals surface area contributed by atoms with Gasteiger partial charge in [-0.2, -0.15) is 5.10 Å². The summed E-state index contributed by atoms with van der Waals surface area (Å²) in [7, 11) is 0. The molecule has 21 heavy (non-hydrogen) atoms. The lowest BCUT2D eigenvalue weighted by Crippen LogP contribution is -2.38. The average Bonchev–Trinajstić information content (AvgIpc) is 2.56. The third kappa shape index (κ3) is 2.96. The summed E-state index contributed by atoms with van der Waals surface area (Å²) in [6.45, 7) is 1.31. The van der Waals surface area contributed by atoms with E-state index in [9.17, 15) is 9.59 Å². The Kier molecular flexibility index (Phi) is 3.72. The van der Waals surface area contributed by atoms with Gasteiger partial charge in [-0.25, -0.2) is 5.10 Å². The Balaban J connectivity index is 1.64. The van der Waals surface area contributed by atoms with Crippen LogP contribution in [0.15, 0.2) is 35.5 Å². The van der Waals surface area contributed by atoms with Crippen LogP contribution in [0.2, 0.25) is 0 Å². The van der Waals surface area contributed by atoms with E-state index in [0.717, 1.165) is 18.5 Å². The van der Waals surface area contributed by atoms with Crippen molar-refractivity contribution in [1.82, 2.24) is 25.1 Å². The van der Waals surface area contributed by atoms with Gasteiger partial charge in [0.15, 0.2) is 0 Å². The van der Waals surface area contributed by atoms with Crippen LogP contribution in [0.5, 0.6) is 0 Å². The minimum atomic E-state index is -0.312. The Hall–Kier alpha value is -2.57. The number of carbonyl (C=O) groups is 1. The van der Waals surface area contributed by atoms with Crippen LogP contribution in [-0.4, -0.2) is 44.1 Å². The molecule has 0 spiro atoms. The molecule has 0 radical (unpaired) electrons. The van der Waals surface area contributed by atoms with Crippen molar-refractivity contribution in [3.05, 3.63) is 52.5 Å². The number of hydrogen-bond acceptors (Lipinski definition) is 5. The number of piperidine rings is 1. The number of likely N-dealkylation sites (tertiary alicyclic amines) is 1. The van der Waals surface area contributed by atoms with Gasteiger partial charge in [-0.15, -0.1) is 0 Å². The molecule has 1 saturated heterocycles. The number of rotatable bonds is 2. The summed E-state index contributed by atoms with van der Waals surface area (Å²) in [5, 5.41) is 6.06. The van der Waals surface area contributed by atoms with E-state index >= 15 is 0 Å². The fourth-order valence-corrected chi connectivity index (χ4v) is 2.53. The van der Waals surface area contributed by atoms with Gasteiger partial charge in [0.25, 0.3) is 11.5 Å². The van der Waals surface area contributed by atoms with Crippen LogP contribution in [0.1, 0.15) is 34.9 Å². The van der Waals surface area contributed by atoms with Crippen LogP contribution in [-0.2, 0) is 0 Å². The average molecular weight is 285 g/mol. The first-order valence-electron chi connectivity index (χ1n) is 6.85. The normalized spacial score (nSPS) is 15.9. The van der Waals surface area contributed by atoms with E-state index in [4.69, 9.17) is 0 Å². The second-order valence-electron chi connectivity index (χ2n) is 5.00. The van der Waals surface area contributed by atoms with E-state index < -0.39 is 0 Å². The summed E-state index contributed by atoms with van der Waals surface area (Å²) < 4.78 is 0. The van der Waals surface area contributed by atoms with Crippen LogP contribution in [0.25, 0.3) is 0 Å². The molecule has 1 N–H and O–H groups in total. The molecule has 7 heteroatoms. The summed E-state index contributed by atoms with van der Waals surface area (Å²) in [6.07, 6.45) is 6.84. The first-order chi connectivity index (χ1) is 10.2. The quantitative estimate of drug-likeness (QED) is 0.871. The van der Waals surface area contributed by atoms with Gasteiger partial charge in [-0.1, -0.05) is 0 Å². The Morgan fingerprint density at radius 2 is 2.05 bits per heavy atom. The van der Waals surface area contributed by atoms with Crippen LogP contribution >= 0.6 is 0 Å². The summed E-state index contributed by atoms with van der Waals surface area (Å²) in [5.74, 6) is 0.190. The Morgan fingerprint density at radius 3 is 2.67 bits per heavy atom. The van der Waals surface area contributed by atoms with Crippen LogP contribution in [0.3, 0.4) is 0 Å². The molecule has 3 heterocycles. The van der Waals surface area contributed by atoms with Crippen molar-refractivity contribution in [2.75, 3.05) is 13.1 Å². The molecule has 108 valence electrons. The number of H-pyrrole nitrogens is 1. The van der Waals surface area contributed by atoms with Gasteiger partial charge in [0.1, 0.15) is 5.69 Å². The number of carbonyl (C=O) groups excluding carboxylic acids is 1. The van der Waals surface area contributed by atoms with Crippen molar-refractivity contribution in [2.45, 2.75) is 18.8 Å². The van der Waals surface area contributed by atoms with Crippen molar-refractivity contribution < 1.29 is 4.79 Å². The predicted molar refractivity (Wildman–Crippen MR) is 74.8 cm³/mol. The number of nitrogens with zero attached hydrogens (tertiary/aromatic N) is 4. The van der Waals surface area contributed by atoms with E-state index in [1.807, 2.05) is 0 Å². The number of amides is 1. The van der Waals surface area contributed by atoms with Crippen molar-refractivity contribution >= 4 is 5.91 Å². The zero-order valence-corrected chi connectivity index (χ0v) is 11.4. The van der Waals surface area contributed by atoms with E-state index in [-0.39, 0.29) is 17.2 Å². The maximum absolute atomic E-state index is 12.3. The van der Waals surface area contributed by atoms with Gasteiger partial charge < -0.3 is 4.90 Å². The first kappa shape index (κ1) is 13.4. The second kappa shape index (κ2) is 5.82. The molecule has 0 aromatic carbocycles. The predicted octanol–water partition coefficient (Wildman–Crippen LogP) is 0.580. The lowest BCUT2D eigenvalue weighted by atomic mass is 9.93. The standard InChI is InChI=1S/C14H15N5O2/c20-13-2-1-11(17-18-13)14(21)19-7-3-10(4-8-19)12-9-15-5-6-16-12/h1-2,5-6,9-10H,3-4,7-8H2,(H,18,20). The highest BCUT2D eigenvalue weighted by Gasteiger charge is 2.25. The summed E-state index contributed by atoms with van der Waals surface area (Å²) in [6, 6.07) is 2.77. The van der Waals surface area contributed by atoms with Crippen molar-refractivity contribution in [1.29, 1.82) is 0 Å². The first-order valence-corrected chi connectivity index (χ1v) is 6.85. The number of aromatic amines is 1. The van der Waals surface area contributed by atoms with Crippen LogP contribution in [0, 0.1) is 0 Å². The molecule has 2 aromatic rings. The largest absolute Gasteiger partial charge is 0.337 e. The van der Waals surface area contributed by atoms with E-state index in [0.29, 0.717) is 19.0 Å². The van der Waals surface area contributed by atoms with Gasteiger partial charge in [-0.05, 0) is 18.9 Å². The fraction of sp³-hybridized carbons (Fsp3) is 0.357. The summed E-state index contributed by atoms with van der Waals surface area (Å²) in [4.78, 5) is 33.4. The van der Waals surface area contributed by atoms with E-state index in [1.54, 1.807) is 23.5 Å². The molecule has 0 bridgehead atoms. The molecule has 3 rings (SSSR count). The highest BCUT2D eigenvalue weighted by Crippen LogP contribution is 2.26. The molecule has 1 fully saturated rings. The Morgan fingerprint density at radius 1 is 1.24 bits per heavy atom. The van der Waals surface area contributed by atoms with Gasteiger partial charge in [0.05, 0.1) is 5.69 Å². The second-order valence-corrected chi connectivity index (χ2v) is 5.00.